The zero-order valence-electron chi connectivity index (χ0n) is 16.5. The van der Waals surface area contributed by atoms with Crippen LogP contribution < -0.4 is 5.32 Å². The molecule has 0 unspecified atom stereocenters. The number of hydrogen-bond donors (Lipinski definition) is 1. The van der Waals surface area contributed by atoms with Gasteiger partial charge in [-0.25, -0.2) is 0 Å². The number of furan rings is 1. The van der Waals surface area contributed by atoms with Crippen molar-refractivity contribution in [3.63, 3.8) is 0 Å². The first-order valence-electron chi connectivity index (χ1n) is 9.61. The van der Waals surface area contributed by atoms with E-state index in [0.717, 1.165) is 17.7 Å². The molecule has 8 heteroatoms. The summed E-state index contributed by atoms with van der Waals surface area (Å²) in [4.78, 5) is 16.4. The van der Waals surface area contributed by atoms with Crippen LogP contribution in [0.2, 0.25) is 0 Å². The number of rotatable bonds is 8. The van der Waals surface area contributed by atoms with Gasteiger partial charge >= 0.3 is 0 Å². The SMILES string of the molecule is CCc1ccc(-n2c(SCC(=O)NCc3ccco3)nnc2-c2ccncc2)cc1. The molecule has 0 radical (unpaired) electrons. The second-order valence-electron chi connectivity index (χ2n) is 6.54. The largest absolute Gasteiger partial charge is 0.467 e. The first-order valence-corrected chi connectivity index (χ1v) is 10.6. The van der Waals surface area contributed by atoms with Crippen molar-refractivity contribution in [3.05, 3.63) is 78.5 Å². The number of hydrogen-bond acceptors (Lipinski definition) is 6. The number of carbonyl (C=O) groups is 1. The summed E-state index contributed by atoms with van der Waals surface area (Å²) in [5.74, 6) is 1.55. The Morgan fingerprint density at radius 1 is 1.10 bits per heavy atom. The molecular weight excluding hydrogens is 398 g/mol. The van der Waals surface area contributed by atoms with E-state index in [4.69, 9.17) is 4.42 Å². The minimum atomic E-state index is -0.0993. The molecule has 0 saturated heterocycles. The Kier molecular flexibility index (Phi) is 6.24. The number of nitrogens with zero attached hydrogens (tertiary/aromatic N) is 4. The van der Waals surface area contributed by atoms with Gasteiger partial charge in [0.25, 0.3) is 0 Å². The number of aromatic nitrogens is 4. The van der Waals surface area contributed by atoms with Gasteiger partial charge in [0.15, 0.2) is 11.0 Å². The molecule has 1 N–H and O–H groups in total. The van der Waals surface area contributed by atoms with Gasteiger partial charge in [0.2, 0.25) is 5.91 Å². The van der Waals surface area contributed by atoms with Crippen LogP contribution in [0.3, 0.4) is 0 Å². The molecule has 0 aliphatic carbocycles. The lowest BCUT2D eigenvalue weighted by Crippen LogP contribution is -2.24. The van der Waals surface area contributed by atoms with Crippen LogP contribution in [0.4, 0.5) is 0 Å². The molecule has 0 bridgehead atoms. The van der Waals surface area contributed by atoms with Gasteiger partial charge < -0.3 is 9.73 Å². The number of aryl methyl sites for hydroxylation is 1. The summed E-state index contributed by atoms with van der Waals surface area (Å²) in [6.07, 6.45) is 6.01. The quantitative estimate of drug-likeness (QED) is 0.436. The van der Waals surface area contributed by atoms with E-state index in [1.54, 1.807) is 24.7 Å². The van der Waals surface area contributed by atoms with Gasteiger partial charge in [0.1, 0.15) is 5.76 Å². The standard InChI is InChI=1S/C22H21N5O2S/c1-2-16-5-7-18(8-6-16)27-21(17-9-11-23-12-10-17)25-26-22(27)30-15-20(28)24-14-19-4-3-13-29-19/h3-13H,2,14-15H2,1H3,(H,24,28). The summed E-state index contributed by atoms with van der Waals surface area (Å²) in [5.41, 5.74) is 3.11. The summed E-state index contributed by atoms with van der Waals surface area (Å²) in [7, 11) is 0. The van der Waals surface area contributed by atoms with Crippen LogP contribution in [0.25, 0.3) is 17.1 Å². The molecule has 0 aliphatic rings. The van der Waals surface area contributed by atoms with E-state index >= 15 is 0 Å². The Hall–Kier alpha value is -3.39. The fourth-order valence-corrected chi connectivity index (χ4v) is 3.73. The molecule has 0 fully saturated rings. The molecule has 0 spiro atoms. The monoisotopic (exact) mass is 419 g/mol. The van der Waals surface area contributed by atoms with Crippen LogP contribution in [-0.4, -0.2) is 31.4 Å². The van der Waals surface area contributed by atoms with Crippen molar-refractivity contribution in [3.8, 4) is 17.1 Å². The Balaban J connectivity index is 1.56. The van der Waals surface area contributed by atoms with E-state index in [1.807, 2.05) is 34.9 Å². The second kappa shape index (κ2) is 9.41. The molecule has 152 valence electrons. The lowest BCUT2D eigenvalue weighted by Gasteiger charge is -2.11. The fraction of sp³-hybridized carbons (Fsp3) is 0.182. The molecule has 1 amide bonds. The van der Waals surface area contributed by atoms with Gasteiger partial charge in [-0.3, -0.25) is 14.3 Å². The fourth-order valence-electron chi connectivity index (χ4n) is 2.94. The van der Waals surface area contributed by atoms with Gasteiger partial charge in [-0.15, -0.1) is 10.2 Å². The molecule has 0 aliphatic heterocycles. The third kappa shape index (κ3) is 4.60. The van der Waals surface area contributed by atoms with Gasteiger partial charge in [0.05, 0.1) is 18.6 Å². The zero-order valence-corrected chi connectivity index (χ0v) is 17.3. The summed E-state index contributed by atoms with van der Waals surface area (Å²) in [6, 6.07) is 15.7. The average molecular weight is 420 g/mol. The van der Waals surface area contributed by atoms with Gasteiger partial charge in [-0.05, 0) is 48.4 Å². The first-order chi connectivity index (χ1) is 14.7. The van der Waals surface area contributed by atoms with Crippen LogP contribution in [0.15, 0.2) is 76.8 Å². The summed E-state index contributed by atoms with van der Waals surface area (Å²) in [6.45, 7) is 2.48. The van der Waals surface area contributed by atoms with Crippen molar-refractivity contribution in [1.82, 2.24) is 25.1 Å². The van der Waals surface area contributed by atoms with Crippen LogP contribution >= 0.6 is 11.8 Å². The molecular formula is C22H21N5O2S. The number of nitrogens with one attached hydrogen (secondary N) is 1. The maximum atomic E-state index is 12.3. The van der Waals surface area contributed by atoms with E-state index in [2.05, 4.69) is 39.6 Å². The number of carbonyl (C=O) groups excluding carboxylic acids is 1. The summed E-state index contributed by atoms with van der Waals surface area (Å²) in [5, 5.41) is 12.2. The molecule has 30 heavy (non-hydrogen) atoms. The van der Waals surface area contributed by atoms with Crippen molar-refractivity contribution in [1.29, 1.82) is 0 Å². The van der Waals surface area contributed by atoms with Gasteiger partial charge in [-0.2, -0.15) is 0 Å². The van der Waals surface area contributed by atoms with Crippen molar-refractivity contribution >= 4 is 17.7 Å². The van der Waals surface area contributed by atoms with E-state index < -0.39 is 0 Å². The Morgan fingerprint density at radius 3 is 2.60 bits per heavy atom. The minimum absolute atomic E-state index is 0.0993. The number of pyridine rings is 1. The Labute approximate surface area is 178 Å². The van der Waals surface area contributed by atoms with Crippen molar-refractivity contribution in [2.24, 2.45) is 0 Å². The number of benzene rings is 1. The van der Waals surface area contributed by atoms with Crippen LogP contribution in [-0.2, 0) is 17.8 Å². The summed E-state index contributed by atoms with van der Waals surface area (Å²) >= 11 is 1.34. The first kappa shape index (κ1) is 19.9. The molecule has 3 aromatic heterocycles. The molecule has 0 atom stereocenters. The van der Waals surface area contributed by atoms with Crippen molar-refractivity contribution < 1.29 is 9.21 Å². The normalized spacial score (nSPS) is 10.8. The second-order valence-corrected chi connectivity index (χ2v) is 7.48. The molecule has 4 aromatic rings. The van der Waals surface area contributed by atoms with Crippen LogP contribution in [0, 0.1) is 0 Å². The molecule has 4 rings (SSSR count). The Bertz CT molecular complexity index is 1090. The average Bonchev–Trinajstić information content (AvgIpc) is 3.47. The minimum Gasteiger partial charge on any atom is -0.467 e. The highest BCUT2D eigenvalue weighted by molar-refractivity contribution is 7.99. The van der Waals surface area contributed by atoms with Crippen LogP contribution in [0.5, 0.6) is 0 Å². The third-order valence-electron chi connectivity index (χ3n) is 4.55. The number of amides is 1. The predicted molar refractivity (Wildman–Crippen MR) is 115 cm³/mol. The molecule has 7 nitrogen and oxygen atoms in total. The summed E-state index contributed by atoms with van der Waals surface area (Å²) < 4.78 is 7.21. The highest BCUT2D eigenvalue weighted by atomic mass is 32.2. The van der Waals surface area contributed by atoms with E-state index in [9.17, 15) is 4.79 Å². The van der Waals surface area contributed by atoms with Crippen molar-refractivity contribution in [2.45, 2.75) is 25.0 Å². The molecule has 0 saturated carbocycles. The smallest absolute Gasteiger partial charge is 0.230 e. The van der Waals surface area contributed by atoms with E-state index in [-0.39, 0.29) is 11.7 Å². The van der Waals surface area contributed by atoms with Gasteiger partial charge in [0, 0.05) is 23.6 Å². The maximum Gasteiger partial charge on any atom is 0.230 e. The van der Waals surface area contributed by atoms with Crippen LogP contribution in [0.1, 0.15) is 18.2 Å². The third-order valence-corrected chi connectivity index (χ3v) is 5.48. The number of thioether (sulfide) groups is 1. The molecule has 3 heterocycles. The maximum absolute atomic E-state index is 12.3. The Morgan fingerprint density at radius 2 is 1.90 bits per heavy atom. The molecule has 1 aromatic carbocycles. The zero-order chi connectivity index (χ0) is 20.8. The van der Waals surface area contributed by atoms with E-state index in [0.29, 0.717) is 23.3 Å². The lowest BCUT2D eigenvalue weighted by molar-refractivity contribution is -0.118. The highest BCUT2D eigenvalue weighted by Gasteiger charge is 2.17. The van der Waals surface area contributed by atoms with E-state index in [1.165, 1.54) is 17.3 Å². The lowest BCUT2D eigenvalue weighted by atomic mass is 10.1. The predicted octanol–water partition coefficient (Wildman–Crippen LogP) is 3.89. The highest BCUT2D eigenvalue weighted by Crippen LogP contribution is 2.28. The van der Waals surface area contributed by atoms with Crippen molar-refractivity contribution in [2.75, 3.05) is 5.75 Å². The van der Waals surface area contributed by atoms with Gasteiger partial charge in [-0.1, -0.05) is 30.8 Å². The topological polar surface area (TPSA) is 85.8 Å².